The zero-order valence-electron chi connectivity index (χ0n) is 41.7. The maximum absolute atomic E-state index is 8.24. The van der Waals surface area contributed by atoms with Gasteiger partial charge >= 0.3 is 0 Å². The van der Waals surface area contributed by atoms with E-state index in [-0.39, 0.29) is 16.2 Å². The summed E-state index contributed by atoms with van der Waals surface area (Å²) in [6.07, 6.45) is 0. The Bertz CT molecular complexity index is 3700. The highest BCUT2D eigenvalue weighted by Crippen LogP contribution is 2.54. The Hall–Kier alpha value is -6.91. The number of hydrogen-bond donors (Lipinski definition) is 0. The van der Waals surface area contributed by atoms with E-state index in [1.165, 1.54) is 64.7 Å². The lowest BCUT2D eigenvalue weighted by Gasteiger charge is -2.34. The van der Waals surface area contributed by atoms with Crippen LogP contribution in [0.15, 0.2) is 193 Å². The van der Waals surface area contributed by atoms with Crippen LogP contribution in [-0.2, 0) is 16.2 Å². The summed E-state index contributed by atoms with van der Waals surface area (Å²) >= 11 is 10.0. The van der Waals surface area contributed by atoms with Crippen molar-refractivity contribution in [1.29, 1.82) is 0 Å². The van der Waals surface area contributed by atoms with Crippen molar-refractivity contribution in [2.45, 2.75) is 78.6 Å². The molecule has 11 rings (SSSR count). The number of halogens is 1. The predicted octanol–water partition coefficient (Wildman–Crippen LogP) is 20.6. The van der Waals surface area contributed by atoms with E-state index < -0.39 is 0 Å². The number of thiophene rings is 1. The second kappa shape index (κ2) is 17.2. The van der Waals surface area contributed by atoms with E-state index in [2.05, 4.69) is 266 Å². The molecule has 4 heteroatoms. The molecule has 0 unspecified atom stereocenters. The van der Waals surface area contributed by atoms with Crippen molar-refractivity contribution < 1.29 is 0 Å². The molecule has 1 aromatic heterocycles. The lowest BCUT2D eigenvalue weighted by molar-refractivity contribution is 0.590. The van der Waals surface area contributed by atoms with Crippen LogP contribution in [-0.4, -0.2) is 0 Å². The lowest BCUT2D eigenvalue weighted by atomic mass is 9.86. The van der Waals surface area contributed by atoms with Gasteiger partial charge in [0.1, 0.15) is 0 Å². The van der Waals surface area contributed by atoms with Crippen molar-refractivity contribution in [2.24, 2.45) is 0 Å². The fourth-order valence-corrected chi connectivity index (χ4v) is 11.6. The van der Waals surface area contributed by atoms with Crippen LogP contribution in [0.25, 0.3) is 64.7 Å². The van der Waals surface area contributed by atoms with Gasteiger partial charge in [0.15, 0.2) is 0 Å². The van der Waals surface area contributed by atoms with Crippen molar-refractivity contribution in [3.63, 3.8) is 0 Å². The monoisotopic (exact) mass is 946 g/mol. The zero-order valence-corrected chi connectivity index (χ0v) is 43.2. The standard InChI is InChI=1S/C66H59ClN2S/c1-64(2,3)46-28-33-49(34-29-46)68(58-41-70-59-39-32-48(40-55(58)59)66(7,8)9)56-22-15-23-57(62(56)67)69(50-35-30-47(31-36-50)65(4,5)6)63-51(42-16-11-10-12-17-42)20-14-21-54(63)52-37-26-45-25-24-43-18-13-19-44-27-38-53(52)61(45)60(43)44/h10-41H,1-9H3. The van der Waals surface area contributed by atoms with E-state index in [0.29, 0.717) is 5.02 Å². The van der Waals surface area contributed by atoms with Crippen LogP contribution in [0, 0.1) is 0 Å². The third-order valence-electron chi connectivity index (χ3n) is 14.2. The molecule has 11 aromatic rings. The molecule has 346 valence electrons. The maximum Gasteiger partial charge on any atom is 0.0887 e. The molecule has 1 heterocycles. The quantitative estimate of drug-likeness (QED) is 0.140. The molecular formula is C66H59ClN2S. The van der Waals surface area contributed by atoms with E-state index in [0.717, 1.165) is 50.8 Å². The van der Waals surface area contributed by atoms with Crippen molar-refractivity contribution in [3.8, 4) is 22.3 Å². The highest BCUT2D eigenvalue weighted by atomic mass is 35.5. The van der Waals surface area contributed by atoms with E-state index >= 15 is 0 Å². The van der Waals surface area contributed by atoms with E-state index in [1.54, 1.807) is 11.3 Å². The van der Waals surface area contributed by atoms with Gasteiger partial charge in [0.25, 0.3) is 0 Å². The first-order valence-corrected chi connectivity index (χ1v) is 25.8. The van der Waals surface area contributed by atoms with Gasteiger partial charge in [-0.15, -0.1) is 11.3 Å². The Kier molecular flexibility index (Phi) is 11.2. The SMILES string of the molecule is CC(C)(C)c1ccc(N(c2cccc(N(c3ccc(C(C)(C)C)cc3)c3csc4ccc(C(C)(C)C)cc34)c2Cl)c2c(-c3ccccc3)cccc2-c2ccc3ccc4cccc5ccc2c3c45)cc1. The lowest BCUT2D eigenvalue weighted by Crippen LogP contribution is -2.17. The van der Waals surface area contributed by atoms with Crippen LogP contribution in [0.5, 0.6) is 0 Å². The van der Waals surface area contributed by atoms with E-state index in [4.69, 9.17) is 11.6 Å². The van der Waals surface area contributed by atoms with Crippen LogP contribution < -0.4 is 9.80 Å². The van der Waals surface area contributed by atoms with Gasteiger partial charge in [0, 0.05) is 38.0 Å². The zero-order chi connectivity index (χ0) is 48.7. The summed E-state index contributed by atoms with van der Waals surface area (Å²) in [5.74, 6) is 0. The van der Waals surface area contributed by atoms with Gasteiger partial charge in [-0.1, -0.05) is 213 Å². The molecule has 0 aliphatic heterocycles. The molecule has 0 fully saturated rings. The van der Waals surface area contributed by atoms with Gasteiger partial charge in [0.05, 0.1) is 27.8 Å². The summed E-state index contributed by atoms with van der Waals surface area (Å²) in [7, 11) is 0. The molecule has 0 bridgehead atoms. The smallest absolute Gasteiger partial charge is 0.0887 e. The first-order valence-electron chi connectivity index (χ1n) is 24.5. The van der Waals surface area contributed by atoms with Crippen molar-refractivity contribution >= 4 is 99.5 Å². The summed E-state index contributed by atoms with van der Waals surface area (Å²) in [6, 6.07) is 69.7. The van der Waals surface area contributed by atoms with Gasteiger partial charge < -0.3 is 9.80 Å². The number of benzene rings is 10. The molecule has 0 spiro atoms. The van der Waals surface area contributed by atoms with Crippen molar-refractivity contribution in [3.05, 3.63) is 215 Å². The molecule has 0 aliphatic rings. The topological polar surface area (TPSA) is 6.48 Å². The third kappa shape index (κ3) is 8.00. The van der Waals surface area contributed by atoms with E-state index in [1.807, 2.05) is 0 Å². The Balaban J connectivity index is 1.21. The first-order chi connectivity index (χ1) is 33.5. The molecule has 10 aromatic carbocycles. The maximum atomic E-state index is 8.24. The molecule has 0 saturated heterocycles. The Morgan fingerprint density at radius 1 is 0.386 bits per heavy atom. The summed E-state index contributed by atoms with van der Waals surface area (Å²) in [5.41, 5.74) is 14.3. The van der Waals surface area contributed by atoms with E-state index in [9.17, 15) is 0 Å². The second-order valence-electron chi connectivity index (χ2n) is 22.0. The molecular weight excluding hydrogens is 888 g/mol. The second-order valence-corrected chi connectivity index (χ2v) is 23.3. The molecule has 0 saturated carbocycles. The highest BCUT2D eigenvalue weighted by molar-refractivity contribution is 7.17. The molecule has 0 N–H and O–H groups in total. The van der Waals surface area contributed by atoms with Gasteiger partial charge in [-0.25, -0.2) is 0 Å². The molecule has 0 atom stereocenters. The summed E-state index contributed by atoms with van der Waals surface area (Å²) in [4.78, 5) is 4.81. The van der Waals surface area contributed by atoms with Crippen molar-refractivity contribution in [2.75, 3.05) is 9.80 Å². The molecule has 70 heavy (non-hydrogen) atoms. The number of fused-ring (bicyclic) bond motifs is 1. The normalized spacial score (nSPS) is 12.4. The van der Waals surface area contributed by atoms with Gasteiger partial charge in [0.2, 0.25) is 0 Å². The highest BCUT2D eigenvalue weighted by Gasteiger charge is 2.29. The molecule has 0 radical (unpaired) electrons. The minimum Gasteiger partial charge on any atom is -0.308 e. The number of hydrogen-bond acceptors (Lipinski definition) is 3. The number of anilines is 6. The van der Waals surface area contributed by atoms with Gasteiger partial charge in [-0.05, 0) is 125 Å². The summed E-state index contributed by atoms with van der Waals surface area (Å²) in [6.45, 7) is 20.5. The average molecular weight is 948 g/mol. The van der Waals surface area contributed by atoms with Gasteiger partial charge in [-0.2, -0.15) is 0 Å². The summed E-state index contributed by atoms with van der Waals surface area (Å²) in [5, 5.41) is 11.7. The predicted molar refractivity (Wildman–Crippen MR) is 307 cm³/mol. The Morgan fingerprint density at radius 2 is 0.900 bits per heavy atom. The average Bonchev–Trinajstić information content (AvgIpc) is 3.77. The van der Waals surface area contributed by atoms with Crippen LogP contribution >= 0.6 is 22.9 Å². The minimum absolute atomic E-state index is 0.000790. The third-order valence-corrected chi connectivity index (χ3v) is 15.6. The van der Waals surface area contributed by atoms with Gasteiger partial charge in [-0.3, -0.25) is 0 Å². The Morgan fingerprint density at radius 3 is 1.53 bits per heavy atom. The van der Waals surface area contributed by atoms with Crippen molar-refractivity contribution in [1.82, 2.24) is 0 Å². The first kappa shape index (κ1) is 45.5. The Labute approximate surface area is 422 Å². The van der Waals surface area contributed by atoms with Crippen LogP contribution in [0.2, 0.25) is 5.02 Å². The number of rotatable bonds is 8. The number of nitrogens with zero attached hydrogens (tertiary/aromatic N) is 2. The fourth-order valence-electron chi connectivity index (χ4n) is 10.3. The van der Waals surface area contributed by atoms with Crippen LogP contribution in [0.4, 0.5) is 34.1 Å². The molecule has 0 aliphatic carbocycles. The fraction of sp³-hybridized carbons (Fsp3) is 0.182. The summed E-state index contributed by atoms with van der Waals surface area (Å²) < 4.78 is 1.24. The molecule has 2 nitrogen and oxygen atoms in total. The number of para-hydroxylation sites is 1. The largest absolute Gasteiger partial charge is 0.308 e. The minimum atomic E-state index is -0.0328. The van der Waals surface area contributed by atoms with Crippen LogP contribution in [0.3, 0.4) is 0 Å². The van der Waals surface area contributed by atoms with Crippen LogP contribution in [0.1, 0.15) is 79.0 Å². The molecule has 0 amide bonds.